The van der Waals surface area contributed by atoms with E-state index in [1.165, 1.54) is 31.9 Å². The van der Waals surface area contributed by atoms with Gasteiger partial charge in [0.05, 0.1) is 11.2 Å². The van der Waals surface area contributed by atoms with E-state index in [2.05, 4.69) is 15.5 Å². The number of carbonyl (C=O) groups excluding carboxylic acids is 1. The van der Waals surface area contributed by atoms with E-state index < -0.39 is 0 Å². The average Bonchev–Trinajstić information content (AvgIpc) is 2.53. The van der Waals surface area contributed by atoms with E-state index >= 15 is 0 Å². The number of hydrogen-bond acceptors (Lipinski definition) is 2. The molecule has 1 fully saturated rings. The number of aromatic nitrogens is 2. The highest BCUT2D eigenvalue weighted by atomic mass is 35.5. The molecule has 0 saturated heterocycles. The zero-order valence-electron chi connectivity index (χ0n) is 9.13. The largest absolute Gasteiger partial charge is 0.348 e. The highest BCUT2D eigenvalue weighted by Crippen LogP contribution is 2.18. The van der Waals surface area contributed by atoms with E-state index in [0.717, 1.165) is 12.8 Å². The molecule has 2 rings (SSSR count). The van der Waals surface area contributed by atoms with Gasteiger partial charge in [-0.2, -0.15) is 5.10 Å². The molecule has 1 heterocycles. The second-order valence-electron chi connectivity index (χ2n) is 4.25. The molecule has 1 aromatic rings. The molecule has 1 aliphatic rings. The van der Waals surface area contributed by atoms with Crippen molar-refractivity contribution in [2.45, 2.75) is 44.6 Å². The van der Waals surface area contributed by atoms with Crippen LogP contribution in [0.25, 0.3) is 0 Å². The maximum Gasteiger partial charge on any atom is 0.271 e. The van der Waals surface area contributed by atoms with Gasteiger partial charge in [-0.3, -0.25) is 9.89 Å². The molecular formula is C11H16ClN3O. The summed E-state index contributed by atoms with van der Waals surface area (Å²) in [6, 6.07) is 0.286. The number of amides is 1. The van der Waals surface area contributed by atoms with E-state index in [1.54, 1.807) is 0 Å². The Morgan fingerprint density at radius 1 is 1.38 bits per heavy atom. The van der Waals surface area contributed by atoms with Crippen molar-refractivity contribution in [3.05, 3.63) is 16.9 Å². The molecule has 1 aliphatic carbocycles. The highest BCUT2D eigenvalue weighted by molar-refractivity contribution is 6.33. The Balaban J connectivity index is 1.93. The summed E-state index contributed by atoms with van der Waals surface area (Å²) < 4.78 is 0. The molecule has 1 saturated carbocycles. The Morgan fingerprint density at radius 3 is 2.62 bits per heavy atom. The van der Waals surface area contributed by atoms with E-state index in [1.807, 2.05) is 0 Å². The van der Waals surface area contributed by atoms with Gasteiger partial charge in [0.25, 0.3) is 5.91 Å². The Morgan fingerprint density at radius 2 is 2.06 bits per heavy atom. The summed E-state index contributed by atoms with van der Waals surface area (Å²) in [4.78, 5) is 11.8. The zero-order valence-corrected chi connectivity index (χ0v) is 9.89. The first kappa shape index (κ1) is 11.5. The number of nitrogens with zero attached hydrogens (tertiary/aromatic N) is 1. The van der Waals surface area contributed by atoms with Gasteiger partial charge in [-0.1, -0.05) is 37.3 Å². The lowest BCUT2D eigenvalue weighted by Gasteiger charge is -2.15. The number of nitrogens with one attached hydrogen (secondary N) is 2. The second-order valence-corrected chi connectivity index (χ2v) is 4.66. The SMILES string of the molecule is O=C(NC1CCCCCC1)c1[nH]ncc1Cl. The van der Waals surface area contributed by atoms with E-state index in [4.69, 9.17) is 11.6 Å². The molecule has 0 unspecified atom stereocenters. The van der Waals surface area contributed by atoms with Gasteiger partial charge in [0.1, 0.15) is 5.69 Å². The van der Waals surface area contributed by atoms with Crippen LogP contribution in [0.3, 0.4) is 0 Å². The van der Waals surface area contributed by atoms with Crippen LogP contribution in [-0.4, -0.2) is 22.1 Å². The summed E-state index contributed by atoms with van der Waals surface area (Å²) >= 11 is 5.83. The summed E-state index contributed by atoms with van der Waals surface area (Å²) in [7, 11) is 0. The molecule has 5 heteroatoms. The van der Waals surface area contributed by atoms with Gasteiger partial charge in [0.15, 0.2) is 0 Å². The van der Waals surface area contributed by atoms with Crippen molar-refractivity contribution in [2.24, 2.45) is 0 Å². The molecule has 0 bridgehead atoms. The van der Waals surface area contributed by atoms with Gasteiger partial charge in [-0.05, 0) is 12.8 Å². The lowest BCUT2D eigenvalue weighted by Crippen LogP contribution is -2.34. The molecule has 1 amide bonds. The Bertz CT molecular complexity index is 356. The summed E-state index contributed by atoms with van der Waals surface area (Å²) in [5, 5.41) is 9.74. The summed E-state index contributed by atoms with van der Waals surface area (Å²) in [5.41, 5.74) is 0.367. The first-order valence-electron chi connectivity index (χ1n) is 5.77. The van der Waals surface area contributed by atoms with Crippen LogP contribution in [0, 0.1) is 0 Å². The van der Waals surface area contributed by atoms with Gasteiger partial charge in [0, 0.05) is 6.04 Å². The standard InChI is InChI=1S/C11H16ClN3O/c12-9-7-13-15-10(9)11(16)14-8-5-3-1-2-4-6-8/h7-8H,1-6H2,(H,13,15)(H,14,16). The monoisotopic (exact) mass is 241 g/mol. The molecule has 2 N–H and O–H groups in total. The van der Waals surface area contributed by atoms with Gasteiger partial charge in [-0.15, -0.1) is 0 Å². The van der Waals surface area contributed by atoms with Crippen molar-refractivity contribution in [1.29, 1.82) is 0 Å². The van der Waals surface area contributed by atoms with Crippen molar-refractivity contribution in [2.75, 3.05) is 0 Å². The quantitative estimate of drug-likeness (QED) is 0.782. The fourth-order valence-corrected chi connectivity index (χ4v) is 2.29. The fourth-order valence-electron chi connectivity index (χ4n) is 2.11. The summed E-state index contributed by atoms with van der Waals surface area (Å²) in [5.74, 6) is -0.144. The predicted molar refractivity (Wildman–Crippen MR) is 62.6 cm³/mol. The molecule has 0 radical (unpaired) electrons. The van der Waals surface area contributed by atoms with Crippen LogP contribution >= 0.6 is 11.6 Å². The van der Waals surface area contributed by atoms with E-state index in [-0.39, 0.29) is 11.9 Å². The molecular weight excluding hydrogens is 226 g/mol. The number of H-pyrrole nitrogens is 1. The maximum atomic E-state index is 11.8. The van der Waals surface area contributed by atoms with Crippen LogP contribution in [-0.2, 0) is 0 Å². The molecule has 0 aromatic carbocycles. The number of aromatic amines is 1. The molecule has 4 nitrogen and oxygen atoms in total. The lowest BCUT2D eigenvalue weighted by atomic mass is 10.1. The maximum absolute atomic E-state index is 11.8. The van der Waals surface area contributed by atoms with Gasteiger partial charge in [0.2, 0.25) is 0 Å². The van der Waals surface area contributed by atoms with Crippen molar-refractivity contribution >= 4 is 17.5 Å². The summed E-state index contributed by atoms with van der Waals surface area (Å²) in [6.07, 6.45) is 8.52. The van der Waals surface area contributed by atoms with Gasteiger partial charge >= 0.3 is 0 Å². The van der Waals surface area contributed by atoms with E-state index in [9.17, 15) is 4.79 Å². The number of rotatable bonds is 2. The molecule has 0 spiro atoms. The minimum atomic E-state index is -0.144. The van der Waals surface area contributed by atoms with Crippen LogP contribution in [0.15, 0.2) is 6.20 Å². The smallest absolute Gasteiger partial charge is 0.271 e. The first-order chi connectivity index (χ1) is 7.77. The minimum Gasteiger partial charge on any atom is -0.348 e. The normalized spacial score (nSPS) is 18.1. The fraction of sp³-hybridized carbons (Fsp3) is 0.636. The lowest BCUT2D eigenvalue weighted by molar-refractivity contribution is 0.0928. The van der Waals surface area contributed by atoms with Crippen LogP contribution < -0.4 is 5.32 Å². The van der Waals surface area contributed by atoms with E-state index in [0.29, 0.717) is 10.7 Å². The second kappa shape index (κ2) is 5.34. The van der Waals surface area contributed by atoms with Crippen molar-refractivity contribution in [3.63, 3.8) is 0 Å². The van der Waals surface area contributed by atoms with Crippen molar-refractivity contribution < 1.29 is 4.79 Å². The number of halogens is 1. The van der Waals surface area contributed by atoms with Gasteiger partial charge in [-0.25, -0.2) is 0 Å². The summed E-state index contributed by atoms with van der Waals surface area (Å²) in [6.45, 7) is 0. The first-order valence-corrected chi connectivity index (χ1v) is 6.15. The van der Waals surface area contributed by atoms with Crippen molar-refractivity contribution in [3.8, 4) is 0 Å². The molecule has 0 atom stereocenters. The molecule has 0 aliphatic heterocycles. The third kappa shape index (κ3) is 2.76. The molecule has 1 aromatic heterocycles. The van der Waals surface area contributed by atoms with Crippen molar-refractivity contribution in [1.82, 2.24) is 15.5 Å². The minimum absolute atomic E-state index is 0.144. The Kier molecular flexibility index (Phi) is 3.83. The highest BCUT2D eigenvalue weighted by Gasteiger charge is 2.18. The van der Waals surface area contributed by atoms with Crippen LogP contribution in [0.1, 0.15) is 49.0 Å². The number of hydrogen-bond donors (Lipinski definition) is 2. The van der Waals surface area contributed by atoms with Crippen LogP contribution in [0.5, 0.6) is 0 Å². The number of carbonyl (C=O) groups is 1. The predicted octanol–water partition coefficient (Wildman–Crippen LogP) is 2.52. The van der Waals surface area contributed by atoms with Gasteiger partial charge < -0.3 is 5.32 Å². The zero-order chi connectivity index (χ0) is 11.4. The van der Waals surface area contributed by atoms with Crippen LogP contribution in [0.4, 0.5) is 0 Å². The van der Waals surface area contributed by atoms with Crippen LogP contribution in [0.2, 0.25) is 5.02 Å². The topological polar surface area (TPSA) is 57.8 Å². The third-order valence-corrected chi connectivity index (χ3v) is 3.30. The molecule has 88 valence electrons. The third-order valence-electron chi connectivity index (χ3n) is 3.01. The molecule has 16 heavy (non-hydrogen) atoms. The Hall–Kier alpha value is -1.03. The average molecular weight is 242 g/mol. The Labute approximate surface area is 99.8 Å².